The predicted molar refractivity (Wildman–Crippen MR) is 73.1 cm³/mol. The van der Waals surface area contributed by atoms with Gasteiger partial charge in [0.1, 0.15) is 11.5 Å². The Kier molecular flexibility index (Phi) is 4.63. The Morgan fingerprint density at radius 2 is 2.21 bits per heavy atom. The molecule has 106 valence electrons. The molecule has 0 amide bonds. The molecule has 0 bridgehead atoms. The van der Waals surface area contributed by atoms with Crippen molar-refractivity contribution in [2.45, 2.75) is 31.5 Å². The van der Waals surface area contributed by atoms with Crippen LogP contribution < -0.4 is 5.73 Å². The molecule has 0 saturated carbocycles. The third kappa shape index (κ3) is 3.37. The van der Waals surface area contributed by atoms with Gasteiger partial charge in [0.2, 0.25) is 0 Å². The highest BCUT2D eigenvalue weighted by molar-refractivity contribution is 5.38. The number of phenols is 2. The molecule has 5 heteroatoms. The van der Waals surface area contributed by atoms with Crippen molar-refractivity contribution in [1.29, 1.82) is 0 Å². The number of aromatic hydroxyl groups is 2. The van der Waals surface area contributed by atoms with Gasteiger partial charge in [0.25, 0.3) is 0 Å². The first-order valence-electron chi connectivity index (χ1n) is 6.61. The first kappa shape index (κ1) is 14.1. The molecule has 1 fully saturated rings. The number of piperidine rings is 1. The Labute approximate surface area is 113 Å². The van der Waals surface area contributed by atoms with Crippen LogP contribution in [0, 0.1) is 0 Å². The summed E-state index contributed by atoms with van der Waals surface area (Å²) >= 11 is 0. The monoisotopic (exact) mass is 266 g/mol. The highest BCUT2D eigenvalue weighted by atomic mass is 16.5. The molecule has 0 aromatic heterocycles. The van der Waals surface area contributed by atoms with Crippen LogP contribution >= 0.6 is 0 Å². The summed E-state index contributed by atoms with van der Waals surface area (Å²) in [7, 11) is 1.74. The topological polar surface area (TPSA) is 79.0 Å². The number of nitrogens with two attached hydrogens (primary N) is 1. The van der Waals surface area contributed by atoms with Gasteiger partial charge in [-0.1, -0.05) is 6.07 Å². The van der Waals surface area contributed by atoms with Crippen LogP contribution in [0.1, 0.15) is 18.4 Å². The van der Waals surface area contributed by atoms with E-state index in [0.717, 1.165) is 24.9 Å². The molecule has 0 aliphatic carbocycles. The van der Waals surface area contributed by atoms with E-state index in [0.29, 0.717) is 13.1 Å². The largest absolute Gasteiger partial charge is 0.508 e. The zero-order valence-electron chi connectivity index (χ0n) is 11.2. The van der Waals surface area contributed by atoms with E-state index in [1.54, 1.807) is 19.2 Å². The van der Waals surface area contributed by atoms with Crippen molar-refractivity contribution in [2.75, 3.05) is 20.2 Å². The quantitative estimate of drug-likeness (QED) is 0.759. The van der Waals surface area contributed by atoms with Crippen LogP contribution in [0.5, 0.6) is 11.5 Å². The third-order valence-electron chi connectivity index (χ3n) is 3.84. The molecular weight excluding hydrogens is 244 g/mol. The van der Waals surface area contributed by atoms with Crippen LogP contribution in [0.3, 0.4) is 0 Å². The second-order valence-corrected chi connectivity index (χ2v) is 5.06. The number of methoxy groups -OCH3 is 1. The van der Waals surface area contributed by atoms with Crippen molar-refractivity contribution in [3.8, 4) is 11.5 Å². The first-order valence-corrected chi connectivity index (χ1v) is 6.61. The molecule has 2 rings (SSSR count). The zero-order chi connectivity index (χ0) is 13.8. The van der Waals surface area contributed by atoms with Crippen molar-refractivity contribution < 1.29 is 14.9 Å². The maximum Gasteiger partial charge on any atom is 0.123 e. The number of phenolic OH excluding ortho intramolecular Hbond substituents is 2. The number of benzene rings is 1. The van der Waals surface area contributed by atoms with Gasteiger partial charge < -0.3 is 20.7 Å². The average molecular weight is 266 g/mol. The minimum Gasteiger partial charge on any atom is -0.508 e. The highest BCUT2D eigenvalue weighted by Crippen LogP contribution is 2.27. The smallest absolute Gasteiger partial charge is 0.123 e. The van der Waals surface area contributed by atoms with E-state index in [2.05, 4.69) is 4.90 Å². The molecule has 0 radical (unpaired) electrons. The lowest BCUT2D eigenvalue weighted by molar-refractivity contribution is 0.0100. The Balaban J connectivity index is 2.05. The van der Waals surface area contributed by atoms with Gasteiger partial charge >= 0.3 is 0 Å². The Morgan fingerprint density at radius 3 is 2.84 bits per heavy atom. The molecular formula is C14H22N2O3. The van der Waals surface area contributed by atoms with E-state index in [4.69, 9.17) is 10.5 Å². The van der Waals surface area contributed by atoms with Crippen molar-refractivity contribution in [2.24, 2.45) is 5.73 Å². The maximum atomic E-state index is 9.84. The average Bonchev–Trinajstić information content (AvgIpc) is 2.42. The molecule has 2 unspecified atom stereocenters. The summed E-state index contributed by atoms with van der Waals surface area (Å²) in [4.78, 5) is 2.27. The summed E-state index contributed by atoms with van der Waals surface area (Å²) in [5.74, 6) is 0.208. The van der Waals surface area contributed by atoms with E-state index >= 15 is 0 Å². The van der Waals surface area contributed by atoms with Gasteiger partial charge in [-0.25, -0.2) is 0 Å². The van der Waals surface area contributed by atoms with E-state index in [-0.39, 0.29) is 23.6 Å². The van der Waals surface area contributed by atoms with Crippen LogP contribution in [-0.4, -0.2) is 47.5 Å². The Bertz CT molecular complexity index is 425. The lowest BCUT2D eigenvalue weighted by atomic mass is 9.98. The number of rotatable bonds is 4. The van der Waals surface area contributed by atoms with Crippen LogP contribution in [-0.2, 0) is 11.3 Å². The maximum absolute atomic E-state index is 9.84. The van der Waals surface area contributed by atoms with E-state index in [1.807, 2.05) is 0 Å². The van der Waals surface area contributed by atoms with Crippen molar-refractivity contribution in [3.63, 3.8) is 0 Å². The third-order valence-corrected chi connectivity index (χ3v) is 3.84. The van der Waals surface area contributed by atoms with Gasteiger partial charge in [-0.05, 0) is 18.9 Å². The molecule has 1 aromatic carbocycles. The second-order valence-electron chi connectivity index (χ2n) is 5.06. The van der Waals surface area contributed by atoms with Crippen molar-refractivity contribution in [3.05, 3.63) is 23.8 Å². The van der Waals surface area contributed by atoms with Gasteiger partial charge in [0, 0.05) is 44.4 Å². The van der Waals surface area contributed by atoms with Crippen LogP contribution in [0.15, 0.2) is 18.2 Å². The predicted octanol–water partition coefficient (Wildman–Crippen LogP) is 1.04. The fraction of sp³-hybridized carbons (Fsp3) is 0.571. The number of hydrogen-bond donors (Lipinski definition) is 3. The van der Waals surface area contributed by atoms with Crippen LogP contribution in [0.4, 0.5) is 0 Å². The summed E-state index contributed by atoms with van der Waals surface area (Å²) in [6.07, 6.45) is 2.18. The fourth-order valence-electron chi connectivity index (χ4n) is 2.64. The van der Waals surface area contributed by atoms with Gasteiger partial charge in [-0.3, -0.25) is 4.90 Å². The summed E-state index contributed by atoms with van der Waals surface area (Å²) in [6.45, 7) is 2.13. The number of nitrogens with zero attached hydrogens (tertiary/aromatic N) is 1. The van der Waals surface area contributed by atoms with E-state index in [9.17, 15) is 10.2 Å². The molecule has 1 aromatic rings. The van der Waals surface area contributed by atoms with Gasteiger partial charge in [0.15, 0.2) is 0 Å². The normalized spacial score (nSPS) is 24.5. The highest BCUT2D eigenvalue weighted by Gasteiger charge is 2.27. The number of hydrogen-bond acceptors (Lipinski definition) is 5. The SMILES string of the molecule is COC1CCN(Cc2ccc(O)cc2O)C(CN)C1. The molecule has 1 aliphatic rings. The lowest BCUT2D eigenvalue weighted by Gasteiger charge is -2.38. The zero-order valence-corrected chi connectivity index (χ0v) is 11.2. The van der Waals surface area contributed by atoms with E-state index < -0.39 is 0 Å². The molecule has 5 nitrogen and oxygen atoms in total. The number of ether oxygens (including phenoxy) is 1. The van der Waals surface area contributed by atoms with Crippen molar-refractivity contribution >= 4 is 0 Å². The molecule has 2 atom stereocenters. The molecule has 1 saturated heterocycles. The summed E-state index contributed by atoms with van der Waals surface area (Å²) in [6, 6.07) is 4.98. The minimum atomic E-state index is 0.0784. The Hall–Kier alpha value is -1.30. The Morgan fingerprint density at radius 1 is 1.42 bits per heavy atom. The van der Waals surface area contributed by atoms with Crippen LogP contribution in [0.25, 0.3) is 0 Å². The molecule has 4 N–H and O–H groups in total. The summed E-state index contributed by atoms with van der Waals surface area (Å²) in [5, 5.41) is 19.1. The lowest BCUT2D eigenvalue weighted by Crippen LogP contribution is -2.47. The summed E-state index contributed by atoms with van der Waals surface area (Å²) < 4.78 is 5.40. The van der Waals surface area contributed by atoms with Crippen LogP contribution in [0.2, 0.25) is 0 Å². The standard InChI is InChI=1S/C14H22N2O3/c1-19-13-4-5-16(11(6-13)8-15)9-10-2-3-12(17)7-14(10)18/h2-3,7,11,13,17-18H,4-6,8-9,15H2,1H3. The molecule has 19 heavy (non-hydrogen) atoms. The van der Waals surface area contributed by atoms with Gasteiger partial charge in [0.05, 0.1) is 6.10 Å². The fourth-order valence-corrected chi connectivity index (χ4v) is 2.64. The minimum absolute atomic E-state index is 0.0784. The van der Waals surface area contributed by atoms with Crippen molar-refractivity contribution in [1.82, 2.24) is 4.90 Å². The van der Waals surface area contributed by atoms with Gasteiger partial charge in [-0.2, -0.15) is 0 Å². The van der Waals surface area contributed by atoms with E-state index in [1.165, 1.54) is 6.07 Å². The molecule has 1 aliphatic heterocycles. The van der Waals surface area contributed by atoms with Gasteiger partial charge in [-0.15, -0.1) is 0 Å². The second kappa shape index (κ2) is 6.23. The number of likely N-dealkylation sites (tertiary alicyclic amines) is 1. The molecule has 0 spiro atoms. The first-order chi connectivity index (χ1) is 9.13. The summed E-state index contributed by atoms with van der Waals surface area (Å²) in [5.41, 5.74) is 6.64. The molecule has 1 heterocycles.